The van der Waals surface area contributed by atoms with Gasteiger partial charge in [0.1, 0.15) is 5.82 Å². The van der Waals surface area contributed by atoms with E-state index in [0.29, 0.717) is 29.4 Å². The van der Waals surface area contributed by atoms with Gasteiger partial charge in [-0.15, -0.1) is 0 Å². The Morgan fingerprint density at radius 1 is 0.943 bits per heavy atom. The first-order valence-electron chi connectivity index (χ1n) is 10.7. The molecule has 0 saturated heterocycles. The molecule has 1 aromatic heterocycles. The number of halogens is 4. The minimum absolute atomic E-state index is 0.0659. The first-order valence-corrected chi connectivity index (χ1v) is 10.7. The molecular formula is C26H18F4N2O3. The Morgan fingerprint density at radius 3 is 2.17 bits per heavy atom. The molecule has 9 heteroatoms. The second-order valence-corrected chi connectivity index (χ2v) is 8.58. The second-order valence-electron chi connectivity index (χ2n) is 8.58. The van der Waals surface area contributed by atoms with Gasteiger partial charge in [0, 0.05) is 22.7 Å². The van der Waals surface area contributed by atoms with E-state index >= 15 is 0 Å². The van der Waals surface area contributed by atoms with E-state index in [4.69, 9.17) is 5.11 Å². The number of aromatic carboxylic acids is 1. The Bertz CT molecular complexity index is 1450. The lowest BCUT2D eigenvalue weighted by Crippen LogP contribution is -2.34. The molecule has 1 saturated carbocycles. The first-order chi connectivity index (χ1) is 16.6. The van der Waals surface area contributed by atoms with E-state index in [1.54, 1.807) is 12.1 Å². The molecule has 5 nitrogen and oxygen atoms in total. The molecule has 5 rings (SSSR count). The molecule has 178 valence electrons. The number of carbonyl (C=O) groups is 2. The molecule has 35 heavy (non-hydrogen) atoms. The van der Waals surface area contributed by atoms with E-state index in [-0.39, 0.29) is 16.6 Å². The minimum Gasteiger partial charge on any atom is -0.478 e. The largest absolute Gasteiger partial charge is 0.478 e. The molecule has 0 radical (unpaired) electrons. The number of aromatic amines is 1. The topological polar surface area (TPSA) is 82.2 Å². The molecule has 0 aliphatic heterocycles. The van der Waals surface area contributed by atoms with Gasteiger partial charge in [-0.2, -0.15) is 13.2 Å². The highest BCUT2D eigenvalue weighted by atomic mass is 19.4. The molecule has 3 N–H and O–H groups in total. The third kappa shape index (κ3) is 4.14. The SMILES string of the molecule is O=C(O)c1ccc(C2(NC(=O)c3cc(F)c4[nH]cc(-c5ccc(C(F)(F)F)cc5)c4c3)CC2)cc1. The van der Waals surface area contributed by atoms with Crippen molar-refractivity contribution in [2.75, 3.05) is 0 Å². The molecule has 3 aromatic carbocycles. The Balaban J connectivity index is 1.45. The highest BCUT2D eigenvalue weighted by Crippen LogP contribution is 2.46. The highest BCUT2D eigenvalue weighted by molar-refractivity contribution is 6.03. The van der Waals surface area contributed by atoms with Crippen LogP contribution in [0.15, 0.2) is 66.9 Å². The van der Waals surface area contributed by atoms with Crippen molar-refractivity contribution >= 4 is 22.8 Å². The molecule has 1 heterocycles. The molecule has 4 aromatic rings. The lowest BCUT2D eigenvalue weighted by atomic mass is 10.00. The summed E-state index contributed by atoms with van der Waals surface area (Å²) >= 11 is 0. The third-order valence-corrected chi connectivity index (χ3v) is 6.31. The van der Waals surface area contributed by atoms with Crippen molar-refractivity contribution in [2.45, 2.75) is 24.6 Å². The van der Waals surface area contributed by atoms with Gasteiger partial charge >= 0.3 is 12.1 Å². The zero-order valence-corrected chi connectivity index (χ0v) is 18.0. The predicted molar refractivity (Wildman–Crippen MR) is 120 cm³/mol. The van der Waals surface area contributed by atoms with Gasteiger partial charge in [0.15, 0.2) is 0 Å². The third-order valence-electron chi connectivity index (χ3n) is 6.31. The second kappa shape index (κ2) is 7.97. The van der Waals surface area contributed by atoms with Gasteiger partial charge in [-0.1, -0.05) is 24.3 Å². The molecular weight excluding hydrogens is 464 g/mol. The van der Waals surface area contributed by atoms with Crippen molar-refractivity contribution in [1.29, 1.82) is 0 Å². The van der Waals surface area contributed by atoms with Crippen LogP contribution < -0.4 is 5.32 Å². The lowest BCUT2D eigenvalue weighted by Gasteiger charge is -2.18. The van der Waals surface area contributed by atoms with Gasteiger partial charge in [0.05, 0.1) is 22.2 Å². The number of hydrogen-bond acceptors (Lipinski definition) is 2. The zero-order chi connectivity index (χ0) is 25.0. The summed E-state index contributed by atoms with van der Waals surface area (Å²) in [6, 6.07) is 13.3. The molecule has 1 aliphatic rings. The fourth-order valence-corrected chi connectivity index (χ4v) is 4.23. The number of benzene rings is 3. The van der Waals surface area contributed by atoms with Crippen LogP contribution in [-0.2, 0) is 11.7 Å². The van der Waals surface area contributed by atoms with E-state index in [1.807, 2.05) is 0 Å². The maximum Gasteiger partial charge on any atom is 0.416 e. The number of carbonyl (C=O) groups excluding carboxylic acids is 1. The van der Waals surface area contributed by atoms with Crippen molar-refractivity contribution in [1.82, 2.24) is 10.3 Å². The van der Waals surface area contributed by atoms with Crippen LogP contribution in [0.5, 0.6) is 0 Å². The Labute approximate surface area is 196 Å². The van der Waals surface area contributed by atoms with Crippen molar-refractivity contribution in [3.05, 3.63) is 94.9 Å². The molecule has 1 aliphatic carbocycles. The van der Waals surface area contributed by atoms with E-state index < -0.39 is 35.0 Å². The molecule has 0 bridgehead atoms. The Kier molecular flexibility index (Phi) is 5.16. The fraction of sp³-hybridized carbons (Fsp3) is 0.154. The van der Waals surface area contributed by atoms with E-state index in [1.165, 1.54) is 36.5 Å². The average Bonchev–Trinajstić information content (AvgIpc) is 3.47. The summed E-state index contributed by atoms with van der Waals surface area (Å²) in [6.45, 7) is 0. The Hall–Kier alpha value is -4.14. The monoisotopic (exact) mass is 482 g/mol. The highest BCUT2D eigenvalue weighted by Gasteiger charge is 2.45. The van der Waals surface area contributed by atoms with Crippen LogP contribution in [-0.4, -0.2) is 22.0 Å². The van der Waals surface area contributed by atoms with Crippen molar-refractivity contribution in [3.8, 4) is 11.1 Å². The summed E-state index contributed by atoms with van der Waals surface area (Å²) in [4.78, 5) is 26.9. The summed E-state index contributed by atoms with van der Waals surface area (Å²) in [5.41, 5.74) is 0.548. The van der Waals surface area contributed by atoms with Crippen LogP contribution in [0.2, 0.25) is 0 Å². The van der Waals surface area contributed by atoms with E-state index in [0.717, 1.165) is 23.8 Å². The van der Waals surface area contributed by atoms with Gasteiger partial charge in [-0.3, -0.25) is 4.79 Å². The van der Waals surface area contributed by atoms with Crippen molar-refractivity contribution < 1.29 is 32.3 Å². The first kappa shape index (κ1) is 22.6. The molecule has 0 unspecified atom stereocenters. The van der Waals surface area contributed by atoms with Gasteiger partial charge in [0.25, 0.3) is 5.91 Å². The maximum absolute atomic E-state index is 14.8. The van der Waals surface area contributed by atoms with E-state index in [2.05, 4.69) is 10.3 Å². The number of hydrogen-bond donors (Lipinski definition) is 3. The standard InChI is InChI=1S/C26H18F4N2O3/c27-21-12-16(23(33)32-25(9-10-25)17-5-3-15(4-6-17)24(34)35)11-19-20(13-31-22(19)21)14-1-7-18(8-2-14)26(28,29)30/h1-8,11-13,31H,9-10H2,(H,32,33)(H,34,35). The lowest BCUT2D eigenvalue weighted by molar-refractivity contribution is -0.137. The predicted octanol–water partition coefficient (Wildman–Crippen LogP) is 6.11. The fourth-order valence-electron chi connectivity index (χ4n) is 4.23. The average molecular weight is 482 g/mol. The van der Waals surface area contributed by atoms with E-state index in [9.17, 15) is 27.2 Å². The number of carboxylic acid groups (broad SMARTS) is 1. The van der Waals surface area contributed by atoms with Crippen LogP contribution >= 0.6 is 0 Å². The maximum atomic E-state index is 14.8. The zero-order valence-electron chi connectivity index (χ0n) is 18.0. The minimum atomic E-state index is -4.47. The number of aromatic nitrogens is 1. The number of amides is 1. The van der Waals surface area contributed by atoms with Crippen LogP contribution in [0, 0.1) is 5.82 Å². The molecule has 0 spiro atoms. The van der Waals surface area contributed by atoms with Gasteiger partial charge < -0.3 is 15.4 Å². The number of H-pyrrole nitrogens is 1. The van der Waals surface area contributed by atoms with Crippen molar-refractivity contribution in [3.63, 3.8) is 0 Å². The molecule has 1 amide bonds. The normalized spacial score (nSPS) is 14.6. The summed E-state index contributed by atoms with van der Waals surface area (Å²) in [6.07, 6.45) is -1.68. The number of carboxylic acids is 1. The van der Waals surface area contributed by atoms with Gasteiger partial charge in [0.2, 0.25) is 0 Å². The summed E-state index contributed by atoms with van der Waals surface area (Å²) < 4.78 is 53.5. The Morgan fingerprint density at radius 2 is 1.60 bits per heavy atom. The summed E-state index contributed by atoms with van der Waals surface area (Å²) in [5, 5.41) is 12.4. The molecule has 0 atom stereocenters. The number of fused-ring (bicyclic) bond motifs is 1. The molecule has 1 fully saturated rings. The number of nitrogens with one attached hydrogen (secondary N) is 2. The van der Waals surface area contributed by atoms with Crippen LogP contribution in [0.1, 0.15) is 44.7 Å². The van der Waals surface area contributed by atoms with Crippen molar-refractivity contribution in [2.24, 2.45) is 0 Å². The van der Waals surface area contributed by atoms with Crippen LogP contribution in [0.3, 0.4) is 0 Å². The van der Waals surface area contributed by atoms with Crippen LogP contribution in [0.25, 0.3) is 22.0 Å². The van der Waals surface area contributed by atoms with Crippen LogP contribution in [0.4, 0.5) is 17.6 Å². The van der Waals surface area contributed by atoms with Gasteiger partial charge in [-0.25, -0.2) is 9.18 Å². The smallest absolute Gasteiger partial charge is 0.416 e. The number of rotatable bonds is 5. The van der Waals surface area contributed by atoms with Gasteiger partial charge in [-0.05, 0) is 60.4 Å². The quantitative estimate of drug-likeness (QED) is 0.300. The summed E-state index contributed by atoms with van der Waals surface area (Å²) in [7, 11) is 0. The number of alkyl halides is 3. The summed E-state index contributed by atoms with van der Waals surface area (Å²) in [5.74, 6) is -2.23.